The van der Waals surface area contributed by atoms with Gasteiger partial charge in [-0.3, -0.25) is 0 Å². The topological polar surface area (TPSA) is 73.1 Å². The maximum Gasteiger partial charge on any atom is 0.222 e. The van der Waals surface area contributed by atoms with E-state index in [0.29, 0.717) is 28.3 Å². The highest BCUT2D eigenvalue weighted by Gasteiger charge is 2.22. The molecule has 190 valence electrons. The summed E-state index contributed by atoms with van der Waals surface area (Å²) < 4.78 is 8.43. The van der Waals surface area contributed by atoms with Gasteiger partial charge in [0.05, 0.1) is 16.7 Å². The lowest BCUT2D eigenvalue weighted by atomic mass is 9.94. The number of benzene rings is 3. The summed E-state index contributed by atoms with van der Waals surface area (Å²) in [5.41, 5.74) is 5.25. The van der Waals surface area contributed by atoms with Crippen LogP contribution in [0.15, 0.2) is 85.7 Å². The van der Waals surface area contributed by atoms with Crippen LogP contribution in [-0.2, 0) is 0 Å². The third-order valence-electron chi connectivity index (χ3n) is 7.06. The lowest BCUT2D eigenvalue weighted by molar-refractivity contribution is 0.362. The first-order valence-electron chi connectivity index (χ1n) is 12.8. The first kappa shape index (κ1) is 24.2. The van der Waals surface area contributed by atoms with E-state index in [1.165, 1.54) is 25.6 Å². The van der Waals surface area contributed by atoms with E-state index in [-0.39, 0.29) is 5.76 Å². The number of imidazole rings is 1. The Morgan fingerprint density at radius 1 is 0.921 bits per heavy atom. The highest BCUT2D eigenvalue weighted by Crippen LogP contribution is 2.37. The average molecular weight is 523 g/mol. The van der Waals surface area contributed by atoms with E-state index in [0.717, 1.165) is 46.5 Å². The molecule has 0 spiro atoms. The fourth-order valence-corrected chi connectivity index (χ4v) is 5.37. The van der Waals surface area contributed by atoms with Gasteiger partial charge >= 0.3 is 0 Å². The Morgan fingerprint density at radius 3 is 2.50 bits per heavy atom. The maximum absolute atomic E-state index is 9.91. The summed E-state index contributed by atoms with van der Waals surface area (Å²) in [6, 6.07) is 23.5. The van der Waals surface area contributed by atoms with E-state index in [2.05, 4.69) is 21.1 Å². The van der Waals surface area contributed by atoms with E-state index >= 15 is 0 Å². The Labute approximate surface area is 226 Å². The SMILES string of the molecule is C=C(O)c1ccc2c(c1)nc(-c1ccc(Oc3cc(-c4cccc(Cl)c4)ncn3)cc1)n2C1CCCCC1. The monoisotopic (exact) mass is 522 g/mol. The minimum absolute atomic E-state index is 0.0467. The van der Waals surface area contributed by atoms with Crippen LogP contribution in [0, 0.1) is 0 Å². The van der Waals surface area contributed by atoms with E-state index in [9.17, 15) is 5.11 Å². The molecule has 0 aliphatic heterocycles. The summed E-state index contributed by atoms with van der Waals surface area (Å²) in [5, 5.41) is 10.6. The van der Waals surface area contributed by atoms with Crippen LogP contribution in [0.2, 0.25) is 5.02 Å². The number of nitrogens with zero attached hydrogens (tertiary/aromatic N) is 4. The number of fused-ring (bicyclic) bond motifs is 1. The van der Waals surface area contributed by atoms with E-state index in [4.69, 9.17) is 21.3 Å². The average Bonchev–Trinajstić information content (AvgIpc) is 3.33. The van der Waals surface area contributed by atoms with Crippen molar-refractivity contribution in [1.82, 2.24) is 19.5 Å². The number of halogens is 1. The third-order valence-corrected chi connectivity index (χ3v) is 7.29. The van der Waals surface area contributed by atoms with Gasteiger partial charge < -0.3 is 14.4 Å². The lowest BCUT2D eigenvalue weighted by Gasteiger charge is -2.25. The predicted octanol–water partition coefficient (Wildman–Crippen LogP) is 8.64. The molecule has 0 atom stereocenters. The summed E-state index contributed by atoms with van der Waals surface area (Å²) in [6.45, 7) is 3.67. The maximum atomic E-state index is 9.91. The molecule has 1 fully saturated rings. The Kier molecular flexibility index (Phi) is 6.56. The second-order valence-electron chi connectivity index (χ2n) is 9.63. The Hall–Kier alpha value is -4.16. The quantitative estimate of drug-likeness (QED) is 0.226. The Bertz CT molecular complexity index is 1620. The molecule has 5 aromatic rings. The Morgan fingerprint density at radius 2 is 1.74 bits per heavy atom. The van der Waals surface area contributed by atoms with Crippen molar-refractivity contribution >= 4 is 28.4 Å². The molecule has 7 heteroatoms. The van der Waals surface area contributed by atoms with Gasteiger partial charge in [-0.15, -0.1) is 0 Å². The van der Waals surface area contributed by atoms with Crippen LogP contribution in [0.1, 0.15) is 43.7 Å². The fraction of sp³-hybridized carbons (Fsp3) is 0.194. The van der Waals surface area contributed by atoms with Gasteiger partial charge in [0.15, 0.2) is 0 Å². The normalized spacial score (nSPS) is 14.0. The molecule has 2 heterocycles. The molecule has 0 radical (unpaired) electrons. The summed E-state index contributed by atoms with van der Waals surface area (Å²) in [5.74, 6) is 2.09. The smallest absolute Gasteiger partial charge is 0.222 e. The van der Waals surface area contributed by atoms with Crippen LogP contribution in [0.5, 0.6) is 11.6 Å². The van der Waals surface area contributed by atoms with Crippen molar-refractivity contribution in [3.63, 3.8) is 0 Å². The summed E-state index contributed by atoms with van der Waals surface area (Å²) in [6.07, 6.45) is 7.48. The van der Waals surface area contributed by atoms with Crippen molar-refractivity contribution in [3.8, 4) is 34.3 Å². The molecule has 0 amide bonds. The molecular formula is C31H27ClN4O2. The molecule has 1 aliphatic rings. The number of hydrogen-bond donors (Lipinski definition) is 1. The van der Waals surface area contributed by atoms with Crippen molar-refractivity contribution < 1.29 is 9.84 Å². The van der Waals surface area contributed by atoms with Gasteiger partial charge in [0.25, 0.3) is 0 Å². The molecule has 6 rings (SSSR count). The third kappa shape index (κ3) is 4.87. The van der Waals surface area contributed by atoms with Crippen molar-refractivity contribution in [2.75, 3.05) is 0 Å². The molecule has 3 aromatic carbocycles. The van der Waals surface area contributed by atoms with Crippen molar-refractivity contribution in [1.29, 1.82) is 0 Å². The van der Waals surface area contributed by atoms with E-state index < -0.39 is 0 Å². The van der Waals surface area contributed by atoms with Crippen molar-refractivity contribution in [2.45, 2.75) is 38.1 Å². The second-order valence-corrected chi connectivity index (χ2v) is 10.1. The zero-order valence-electron chi connectivity index (χ0n) is 20.8. The van der Waals surface area contributed by atoms with Crippen LogP contribution >= 0.6 is 11.6 Å². The fourth-order valence-electron chi connectivity index (χ4n) is 5.18. The number of aliphatic hydroxyl groups is 1. The van der Waals surface area contributed by atoms with Crippen LogP contribution in [0.25, 0.3) is 39.4 Å². The van der Waals surface area contributed by atoms with E-state index in [1.54, 1.807) is 6.07 Å². The summed E-state index contributed by atoms with van der Waals surface area (Å²) in [7, 11) is 0. The molecule has 0 unspecified atom stereocenters. The molecule has 1 aliphatic carbocycles. The van der Waals surface area contributed by atoms with Crippen LogP contribution < -0.4 is 4.74 Å². The Balaban J connectivity index is 1.31. The van der Waals surface area contributed by atoms with Gasteiger partial charge in [0, 0.05) is 33.8 Å². The predicted molar refractivity (Wildman–Crippen MR) is 152 cm³/mol. The molecule has 1 saturated carbocycles. The zero-order valence-corrected chi connectivity index (χ0v) is 21.6. The summed E-state index contributed by atoms with van der Waals surface area (Å²) >= 11 is 6.14. The lowest BCUT2D eigenvalue weighted by Crippen LogP contribution is -2.14. The van der Waals surface area contributed by atoms with Crippen LogP contribution in [0.3, 0.4) is 0 Å². The largest absolute Gasteiger partial charge is 0.508 e. The van der Waals surface area contributed by atoms with Crippen LogP contribution in [-0.4, -0.2) is 24.6 Å². The minimum Gasteiger partial charge on any atom is -0.508 e. The number of ether oxygens (including phenoxy) is 1. The molecule has 38 heavy (non-hydrogen) atoms. The standard InChI is InChI=1S/C31H27ClN4O2/c1-20(37)22-12-15-29-28(17-22)35-31(36(29)25-8-3-2-4-9-25)21-10-13-26(14-11-21)38-30-18-27(33-19-34-30)23-6-5-7-24(32)16-23/h5-7,10-19,25,37H,1-4,8-9H2. The minimum atomic E-state index is 0.0467. The molecule has 2 aromatic heterocycles. The molecule has 0 bridgehead atoms. The van der Waals surface area contributed by atoms with Gasteiger partial charge in [-0.2, -0.15) is 0 Å². The van der Waals surface area contributed by atoms with Crippen LogP contribution in [0.4, 0.5) is 0 Å². The first-order valence-corrected chi connectivity index (χ1v) is 13.2. The van der Waals surface area contributed by atoms with Gasteiger partial charge in [-0.05, 0) is 67.4 Å². The highest BCUT2D eigenvalue weighted by atomic mass is 35.5. The van der Waals surface area contributed by atoms with Gasteiger partial charge in [0.2, 0.25) is 5.88 Å². The highest BCUT2D eigenvalue weighted by molar-refractivity contribution is 6.30. The van der Waals surface area contributed by atoms with Gasteiger partial charge in [0.1, 0.15) is 23.7 Å². The number of rotatable bonds is 6. The molecule has 1 N–H and O–H groups in total. The van der Waals surface area contributed by atoms with Crippen molar-refractivity contribution in [3.05, 3.63) is 96.3 Å². The van der Waals surface area contributed by atoms with E-state index in [1.807, 2.05) is 66.7 Å². The van der Waals surface area contributed by atoms with Gasteiger partial charge in [-0.1, -0.05) is 49.6 Å². The molecular weight excluding hydrogens is 496 g/mol. The van der Waals surface area contributed by atoms with Gasteiger partial charge in [-0.25, -0.2) is 15.0 Å². The first-order chi connectivity index (χ1) is 18.5. The summed E-state index contributed by atoms with van der Waals surface area (Å²) in [4.78, 5) is 13.6. The molecule has 6 nitrogen and oxygen atoms in total. The number of hydrogen-bond acceptors (Lipinski definition) is 5. The number of aliphatic hydroxyl groups excluding tert-OH is 1. The van der Waals surface area contributed by atoms with Crippen molar-refractivity contribution in [2.24, 2.45) is 0 Å². The second kappa shape index (κ2) is 10.3. The zero-order chi connectivity index (χ0) is 26.1. The number of aromatic nitrogens is 4. The molecule has 0 saturated heterocycles.